The highest BCUT2D eigenvalue weighted by molar-refractivity contribution is 6.01. The van der Waals surface area contributed by atoms with Gasteiger partial charge in [-0.3, -0.25) is 20.2 Å². The summed E-state index contributed by atoms with van der Waals surface area (Å²) in [6, 6.07) is 3.37. The van der Waals surface area contributed by atoms with E-state index in [9.17, 15) is 31.9 Å². The summed E-state index contributed by atoms with van der Waals surface area (Å²) >= 11 is 0. The molecular formula is C24H20F5N3O6. The second-order valence-corrected chi connectivity index (χ2v) is 8.95. The normalized spacial score (nSPS) is 19.3. The van der Waals surface area contributed by atoms with E-state index in [1.807, 2.05) is 5.32 Å². The number of anilines is 2. The minimum absolute atomic E-state index is 0.101. The van der Waals surface area contributed by atoms with E-state index >= 15 is 4.39 Å². The van der Waals surface area contributed by atoms with Gasteiger partial charge in [-0.25, -0.2) is 13.6 Å². The quantitative estimate of drug-likeness (QED) is 0.439. The van der Waals surface area contributed by atoms with Crippen LogP contribution in [0.2, 0.25) is 0 Å². The second kappa shape index (κ2) is 9.65. The van der Waals surface area contributed by atoms with Crippen LogP contribution in [-0.2, 0) is 20.7 Å². The van der Waals surface area contributed by atoms with Crippen molar-refractivity contribution in [1.29, 1.82) is 0 Å². The van der Waals surface area contributed by atoms with Gasteiger partial charge in [0.1, 0.15) is 29.2 Å². The zero-order chi connectivity index (χ0) is 27.2. The van der Waals surface area contributed by atoms with Crippen LogP contribution in [0.5, 0.6) is 11.5 Å². The molecule has 202 valence electrons. The number of hydrogen-bond acceptors (Lipinski definition) is 7. The Morgan fingerprint density at radius 3 is 2.58 bits per heavy atom. The Balaban J connectivity index is 1.23. The van der Waals surface area contributed by atoms with Crippen molar-refractivity contribution in [2.24, 2.45) is 0 Å². The van der Waals surface area contributed by atoms with E-state index in [4.69, 9.17) is 9.47 Å². The van der Waals surface area contributed by atoms with E-state index in [1.165, 1.54) is 6.07 Å². The average Bonchev–Trinajstić information content (AvgIpc) is 3.27. The smallest absolute Gasteiger partial charge is 0.491 e. The van der Waals surface area contributed by atoms with Crippen LogP contribution in [0.25, 0.3) is 0 Å². The van der Waals surface area contributed by atoms with E-state index in [1.54, 1.807) is 4.90 Å². The van der Waals surface area contributed by atoms with Crippen molar-refractivity contribution >= 4 is 29.3 Å². The molecule has 3 amide bonds. The summed E-state index contributed by atoms with van der Waals surface area (Å²) in [4.78, 5) is 37.7. The fourth-order valence-electron chi connectivity index (χ4n) is 4.73. The van der Waals surface area contributed by atoms with Gasteiger partial charge in [-0.05, 0) is 18.6 Å². The number of ether oxygens (including phenoxy) is 3. The number of nitrogens with one attached hydrogen (secondary N) is 2. The van der Waals surface area contributed by atoms with Crippen molar-refractivity contribution in [2.45, 2.75) is 37.6 Å². The lowest BCUT2D eigenvalue weighted by atomic mass is 9.85. The lowest BCUT2D eigenvalue weighted by Crippen LogP contribution is -2.53. The number of benzene rings is 2. The lowest BCUT2D eigenvalue weighted by molar-refractivity contribution is -0.274. The molecule has 0 saturated carbocycles. The molecule has 2 saturated heterocycles. The van der Waals surface area contributed by atoms with Crippen molar-refractivity contribution in [3.63, 3.8) is 0 Å². The number of rotatable bonds is 5. The number of piperidine rings is 1. The summed E-state index contributed by atoms with van der Waals surface area (Å²) < 4.78 is 81.0. The molecule has 14 heteroatoms. The predicted octanol–water partition coefficient (Wildman–Crippen LogP) is 3.76. The van der Waals surface area contributed by atoms with Crippen molar-refractivity contribution in [3.05, 3.63) is 47.0 Å². The summed E-state index contributed by atoms with van der Waals surface area (Å²) in [5, 5.41) is 4.28. The molecule has 0 unspecified atom stereocenters. The molecule has 0 aliphatic carbocycles. The molecule has 2 N–H and O–H groups in total. The molecule has 0 aromatic heterocycles. The van der Waals surface area contributed by atoms with Crippen LogP contribution in [0, 0.1) is 11.6 Å². The first-order valence-electron chi connectivity index (χ1n) is 11.6. The zero-order valence-corrected chi connectivity index (χ0v) is 19.5. The van der Waals surface area contributed by atoms with Crippen LogP contribution in [-0.4, -0.2) is 50.1 Å². The van der Waals surface area contributed by atoms with E-state index in [-0.39, 0.29) is 38.1 Å². The number of imide groups is 1. The molecule has 0 bridgehead atoms. The number of carbonyl (C=O) groups is 3. The van der Waals surface area contributed by atoms with Gasteiger partial charge in [-0.1, -0.05) is 0 Å². The molecule has 5 rings (SSSR count). The Hall–Kier alpha value is -4.10. The third-order valence-electron chi connectivity index (χ3n) is 6.41. The molecule has 0 radical (unpaired) electrons. The molecule has 2 aromatic rings. The maximum atomic E-state index is 15.2. The minimum atomic E-state index is -4.99. The molecule has 0 spiro atoms. The van der Waals surface area contributed by atoms with Gasteiger partial charge in [0, 0.05) is 36.1 Å². The highest BCUT2D eigenvalue weighted by atomic mass is 19.4. The maximum Gasteiger partial charge on any atom is 0.573 e. The zero-order valence-electron chi connectivity index (χ0n) is 19.5. The fraction of sp³-hybridized carbons (Fsp3) is 0.375. The predicted molar refractivity (Wildman–Crippen MR) is 120 cm³/mol. The molecule has 3 aliphatic rings. The van der Waals surface area contributed by atoms with Crippen molar-refractivity contribution in [2.75, 3.05) is 29.9 Å². The number of fused-ring (bicyclic) bond motifs is 1. The molecule has 1 atom stereocenters. The first-order chi connectivity index (χ1) is 18.0. The van der Waals surface area contributed by atoms with Gasteiger partial charge in [-0.15, -0.1) is 13.2 Å². The monoisotopic (exact) mass is 541 g/mol. The van der Waals surface area contributed by atoms with E-state index in [0.29, 0.717) is 35.6 Å². The summed E-state index contributed by atoms with van der Waals surface area (Å²) in [5.74, 6) is -3.69. The second-order valence-electron chi connectivity index (χ2n) is 8.95. The molecule has 9 nitrogen and oxygen atoms in total. The van der Waals surface area contributed by atoms with Gasteiger partial charge in [-0.2, -0.15) is 0 Å². The third-order valence-corrected chi connectivity index (χ3v) is 6.41. The molecule has 3 aliphatic heterocycles. The van der Waals surface area contributed by atoms with Gasteiger partial charge in [0.2, 0.25) is 11.8 Å². The number of alkyl halides is 3. The highest BCUT2D eigenvalue weighted by Gasteiger charge is 2.39. The highest BCUT2D eigenvalue weighted by Crippen LogP contribution is 2.45. The Morgan fingerprint density at radius 1 is 1.11 bits per heavy atom. The number of amides is 3. The minimum Gasteiger partial charge on any atom is -0.491 e. The number of halogens is 5. The van der Waals surface area contributed by atoms with Gasteiger partial charge in [0.25, 0.3) is 0 Å². The van der Waals surface area contributed by atoms with Crippen molar-refractivity contribution < 1.29 is 50.5 Å². The Morgan fingerprint density at radius 2 is 1.87 bits per heavy atom. The van der Waals surface area contributed by atoms with Gasteiger partial charge >= 0.3 is 12.5 Å². The summed E-state index contributed by atoms with van der Waals surface area (Å²) in [6.07, 6.45) is -6.10. The van der Waals surface area contributed by atoms with Gasteiger partial charge < -0.3 is 19.1 Å². The molecule has 3 heterocycles. The SMILES string of the molecule is O=C1CC[C@H](c2c(F)cc(N3CC(OC(=O)Nc4cc(OC(F)(F)F)ccc4F)C3)c3c2CCO3)C(=O)N1. The van der Waals surface area contributed by atoms with E-state index in [0.717, 1.165) is 6.07 Å². The summed E-state index contributed by atoms with van der Waals surface area (Å²) in [6.45, 7) is 0.561. The van der Waals surface area contributed by atoms with Crippen LogP contribution >= 0.6 is 0 Å². The van der Waals surface area contributed by atoms with Crippen LogP contribution in [0.1, 0.15) is 29.9 Å². The average molecular weight is 541 g/mol. The third kappa shape index (κ3) is 5.15. The first-order valence-corrected chi connectivity index (χ1v) is 11.6. The number of nitrogens with zero attached hydrogens (tertiary/aromatic N) is 1. The first kappa shape index (κ1) is 25.5. The molecule has 2 fully saturated rings. The van der Waals surface area contributed by atoms with Gasteiger partial charge in [0.15, 0.2) is 0 Å². The molecule has 2 aromatic carbocycles. The fourth-order valence-corrected chi connectivity index (χ4v) is 4.73. The van der Waals surface area contributed by atoms with Crippen LogP contribution in [0.3, 0.4) is 0 Å². The van der Waals surface area contributed by atoms with Crippen LogP contribution in [0.15, 0.2) is 24.3 Å². The molecular weight excluding hydrogens is 521 g/mol. The van der Waals surface area contributed by atoms with Gasteiger partial charge in [0.05, 0.1) is 37.0 Å². The summed E-state index contributed by atoms with van der Waals surface area (Å²) in [7, 11) is 0. The number of hydrogen-bond donors (Lipinski definition) is 2. The standard InChI is InChI=1S/C24H20F5N3O6/c25-15-3-1-11(38-24(27,28)29)7-17(15)30-23(35)37-12-9-32(10-12)18-8-16(26)20(13-5-6-36-21(13)18)14-2-4-19(33)31-22(14)34/h1,3,7-8,12,14H,2,4-6,9-10H2,(H,30,35)(H,31,33,34)/t14-/m1/s1. The van der Waals surface area contributed by atoms with Crippen LogP contribution in [0.4, 0.5) is 38.1 Å². The molecule has 38 heavy (non-hydrogen) atoms. The van der Waals surface area contributed by atoms with E-state index in [2.05, 4.69) is 10.1 Å². The van der Waals surface area contributed by atoms with Crippen molar-refractivity contribution in [1.82, 2.24) is 5.32 Å². The number of carbonyl (C=O) groups excluding carboxylic acids is 3. The van der Waals surface area contributed by atoms with E-state index < -0.39 is 59.4 Å². The largest absolute Gasteiger partial charge is 0.573 e. The Kier molecular flexibility index (Phi) is 6.49. The Labute approximate surface area is 211 Å². The maximum absolute atomic E-state index is 15.2. The summed E-state index contributed by atoms with van der Waals surface area (Å²) in [5.41, 5.74) is 0.602. The lowest BCUT2D eigenvalue weighted by Gasteiger charge is -2.40. The Bertz CT molecular complexity index is 1310. The topological polar surface area (TPSA) is 106 Å². The van der Waals surface area contributed by atoms with Crippen molar-refractivity contribution in [3.8, 4) is 11.5 Å². The van der Waals surface area contributed by atoms with Crippen LogP contribution < -0.4 is 25.0 Å².